The third-order valence-electron chi connectivity index (χ3n) is 4.72. The van der Waals surface area contributed by atoms with Gasteiger partial charge in [0.15, 0.2) is 0 Å². The van der Waals surface area contributed by atoms with Gasteiger partial charge < -0.3 is 35.2 Å². The summed E-state index contributed by atoms with van der Waals surface area (Å²) in [6, 6.07) is 11.8. The highest BCUT2D eigenvalue weighted by molar-refractivity contribution is 6.34. The van der Waals surface area contributed by atoms with Gasteiger partial charge in [0, 0.05) is 18.2 Å². The summed E-state index contributed by atoms with van der Waals surface area (Å²) >= 11 is 6.49. The fourth-order valence-corrected chi connectivity index (χ4v) is 3.37. The van der Waals surface area contributed by atoms with Crippen LogP contribution in [0.3, 0.4) is 0 Å². The number of carbonyl (C=O) groups is 1. The van der Waals surface area contributed by atoms with E-state index in [9.17, 15) is 25.2 Å². The fourth-order valence-electron chi connectivity index (χ4n) is 3.09. The molecule has 29 heavy (non-hydrogen) atoms. The molecular formula is C20H22ClNO7. The lowest BCUT2D eigenvalue weighted by molar-refractivity contribution is -0.277. The standard InChI is InChI=1S/C20H22ClNO7/c1-22-19(27)11-5-2-4-10(8-11)12-6-3-7-13(15(12)21)28-20-18(26)17(25)16(24)14(9-23)29-20/h2-8,14,16-18,20,23-26H,9H2,1H3,(H,22,27)/t14-,16-,17+,18+,20+/m1/s1. The van der Waals surface area contributed by atoms with Crippen LogP contribution in [0.1, 0.15) is 10.4 Å². The van der Waals surface area contributed by atoms with Crippen molar-refractivity contribution in [2.24, 2.45) is 0 Å². The second-order valence-electron chi connectivity index (χ2n) is 6.59. The first-order valence-corrected chi connectivity index (χ1v) is 9.33. The number of halogens is 1. The van der Waals surface area contributed by atoms with Crippen LogP contribution < -0.4 is 10.1 Å². The predicted molar refractivity (Wildman–Crippen MR) is 105 cm³/mol. The van der Waals surface area contributed by atoms with E-state index in [1.54, 1.807) is 42.5 Å². The zero-order chi connectivity index (χ0) is 21.1. The maximum atomic E-state index is 11.9. The topological polar surface area (TPSA) is 128 Å². The molecule has 5 atom stereocenters. The summed E-state index contributed by atoms with van der Waals surface area (Å²) in [5.41, 5.74) is 1.72. The summed E-state index contributed by atoms with van der Waals surface area (Å²) < 4.78 is 11.0. The van der Waals surface area contributed by atoms with Crippen molar-refractivity contribution in [1.29, 1.82) is 0 Å². The molecule has 1 fully saturated rings. The van der Waals surface area contributed by atoms with E-state index in [0.717, 1.165) is 0 Å². The van der Waals surface area contributed by atoms with E-state index in [2.05, 4.69) is 5.32 Å². The summed E-state index contributed by atoms with van der Waals surface area (Å²) in [6.45, 7) is -0.565. The van der Waals surface area contributed by atoms with Gasteiger partial charge in [-0.3, -0.25) is 4.79 Å². The Morgan fingerprint density at radius 2 is 1.86 bits per heavy atom. The third-order valence-corrected chi connectivity index (χ3v) is 5.11. The van der Waals surface area contributed by atoms with Gasteiger partial charge in [-0.25, -0.2) is 0 Å². The van der Waals surface area contributed by atoms with E-state index < -0.39 is 37.3 Å². The van der Waals surface area contributed by atoms with Gasteiger partial charge in [0.05, 0.1) is 11.6 Å². The molecule has 1 amide bonds. The average Bonchev–Trinajstić information content (AvgIpc) is 2.74. The molecule has 1 saturated heterocycles. The van der Waals surface area contributed by atoms with Gasteiger partial charge in [-0.2, -0.15) is 0 Å². The summed E-state index contributed by atoms with van der Waals surface area (Å²) in [5.74, 6) is -0.0736. The van der Waals surface area contributed by atoms with Crippen molar-refractivity contribution in [2.45, 2.75) is 30.7 Å². The van der Waals surface area contributed by atoms with Crippen molar-refractivity contribution >= 4 is 17.5 Å². The number of rotatable bonds is 5. The number of hydrogen-bond acceptors (Lipinski definition) is 7. The fraction of sp³-hybridized carbons (Fsp3) is 0.350. The van der Waals surface area contributed by atoms with Crippen LogP contribution >= 0.6 is 11.6 Å². The highest BCUT2D eigenvalue weighted by Gasteiger charge is 2.44. The molecule has 2 aromatic rings. The Morgan fingerprint density at radius 3 is 2.55 bits per heavy atom. The first kappa shape index (κ1) is 21.5. The van der Waals surface area contributed by atoms with Gasteiger partial charge >= 0.3 is 0 Å². The molecule has 0 spiro atoms. The number of hydrogen-bond donors (Lipinski definition) is 5. The minimum atomic E-state index is -1.56. The molecule has 0 unspecified atom stereocenters. The molecule has 1 aliphatic rings. The van der Waals surface area contributed by atoms with Crippen molar-refractivity contribution in [3.05, 3.63) is 53.1 Å². The molecule has 8 nitrogen and oxygen atoms in total. The predicted octanol–water partition coefficient (Wildman–Crippen LogP) is 0.545. The summed E-state index contributed by atoms with van der Waals surface area (Å²) in [4.78, 5) is 11.9. The first-order valence-electron chi connectivity index (χ1n) is 8.95. The minimum absolute atomic E-state index is 0.166. The Bertz CT molecular complexity index is 876. The molecule has 3 rings (SSSR count). The zero-order valence-electron chi connectivity index (χ0n) is 15.5. The maximum absolute atomic E-state index is 11.9. The van der Waals surface area contributed by atoms with Gasteiger partial charge in [-0.15, -0.1) is 0 Å². The molecule has 1 aliphatic heterocycles. The van der Waals surface area contributed by atoms with Gasteiger partial charge in [0.25, 0.3) is 5.91 Å². The molecule has 0 bridgehead atoms. The van der Waals surface area contributed by atoms with Crippen LogP contribution in [0.5, 0.6) is 5.75 Å². The number of benzene rings is 2. The Balaban J connectivity index is 1.89. The van der Waals surface area contributed by atoms with Crippen molar-refractivity contribution < 1.29 is 34.7 Å². The van der Waals surface area contributed by atoms with Crippen LogP contribution in [0, 0.1) is 0 Å². The Morgan fingerprint density at radius 1 is 1.14 bits per heavy atom. The number of aliphatic hydroxyl groups excluding tert-OH is 4. The van der Waals surface area contributed by atoms with Crippen molar-refractivity contribution in [3.8, 4) is 16.9 Å². The molecule has 1 heterocycles. The van der Waals surface area contributed by atoms with Gasteiger partial charge in [-0.1, -0.05) is 35.9 Å². The molecule has 0 aliphatic carbocycles. The Hall–Kier alpha value is -2.20. The lowest BCUT2D eigenvalue weighted by atomic mass is 9.99. The van der Waals surface area contributed by atoms with Gasteiger partial charge in [0.2, 0.25) is 6.29 Å². The quantitative estimate of drug-likeness (QED) is 0.475. The number of amides is 1. The highest BCUT2D eigenvalue weighted by atomic mass is 35.5. The maximum Gasteiger partial charge on any atom is 0.251 e. The molecule has 156 valence electrons. The number of carbonyl (C=O) groups excluding carboxylic acids is 1. The largest absolute Gasteiger partial charge is 0.460 e. The first-order chi connectivity index (χ1) is 13.9. The van der Waals surface area contributed by atoms with Crippen molar-refractivity contribution in [1.82, 2.24) is 5.32 Å². The molecule has 0 saturated carbocycles. The second-order valence-corrected chi connectivity index (χ2v) is 6.97. The summed E-state index contributed by atoms with van der Waals surface area (Å²) in [6.07, 6.45) is -7.04. The van der Waals surface area contributed by atoms with E-state index >= 15 is 0 Å². The van der Waals surface area contributed by atoms with E-state index in [-0.39, 0.29) is 16.7 Å². The van der Waals surface area contributed by atoms with Crippen LogP contribution in [-0.2, 0) is 4.74 Å². The van der Waals surface area contributed by atoms with Crippen LogP contribution in [0.4, 0.5) is 0 Å². The number of nitrogens with one attached hydrogen (secondary N) is 1. The smallest absolute Gasteiger partial charge is 0.251 e. The third kappa shape index (κ3) is 4.37. The van der Waals surface area contributed by atoms with Gasteiger partial charge in [0.1, 0.15) is 30.2 Å². The van der Waals surface area contributed by atoms with Crippen molar-refractivity contribution in [3.63, 3.8) is 0 Å². The van der Waals surface area contributed by atoms with E-state index in [4.69, 9.17) is 21.1 Å². The molecule has 0 aromatic heterocycles. The molecular weight excluding hydrogens is 402 g/mol. The van der Waals surface area contributed by atoms with Crippen LogP contribution in [0.2, 0.25) is 5.02 Å². The molecule has 5 N–H and O–H groups in total. The Kier molecular flexibility index (Phi) is 6.74. The van der Waals surface area contributed by atoms with Crippen LogP contribution in [0.15, 0.2) is 42.5 Å². The minimum Gasteiger partial charge on any atom is -0.460 e. The van der Waals surface area contributed by atoms with E-state index in [0.29, 0.717) is 16.7 Å². The number of aliphatic hydroxyl groups is 4. The molecule has 9 heteroatoms. The average molecular weight is 424 g/mol. The SMILES string of the molecule is CNC(=O)c1cccc(-c2cccc(O[C@H]3O[C@H](CO)[C@@H](O)[C@H](O)[C@@H]3O)c2Cl)c1. The lowest BCUT2D eigenvalue weighted by Gasteiger charge is -2.39. The lowest BCUT2D eigenvalue weighted by Crippen LogP contribution is -2.60. The summed E-state index contributed by atoms with van der Waals surface area (Å²) in [5, 5.41) is 42.0. The Labute approximate surface area is 172 Å². The highest BCUT2D eigenvalue weighted by Crippen LogP contribution is 2.37. The second kappa shape index (κ2) is 9.08. The molecule has 0 radical (unpaired) electrons. The normalized spacial score (nSPS) is 26.8. The van der Waals surface area contributed by atoms with Crippen molar-refractivity contribution in [2.75, 3.05) is 13.7 Å². The summed E-state index contributed by atoms with van der Waals surface area (Å²) in [7, 11) is 1.54. The molecule has 2 aromatic carbocycles. The van der Waals surface area contributed by atoms with Gasteiger partial charge in [-0.05, 0) is 23.8 Å². The monoisotopic (exact) mass is 423 g/mol. The number of ether oxygens (including phenoxy) is 2. The zero-order valence-corrected chi connectivity index (χ0v) is 16.3. The van der Waals surface area contributed by atoms with E-state index in [1.807, 2.05) is 0 Å². The van der Waals surface area contributed by atoms with E-state index in [1.165, 1.54) is 7.05 Å². The van der Waals surface area contributed by atoms with Crippen LogP contribution in [-0.4, -0.2) is 70.7 Å². The van der Waals surface area contributed by atoms with Crippen LogP contribution in [0.25, 0.3) is 11.1 Å².